The summed E-state index contributed by atoms with van der Waals surface area (Å²) in [6.07, 6.45) is -0.494. The largest absolute Gasteiger partial charge is 0.481 e. The van der Waals surface area contributed by atoms with Crippen LogP contribution in [0.2, 0.25) is 0 Å². The van der Waals surface area contributed by atoms with Gasteiger partial charge in [-0.3, -0.25) is 9.59 Å². The maximum Gasteiger partial charge on any atom is 0.372 e. The highest BCUT2D eigenvalue weighted by molar-refractivity contribution is 7.10. The van der Waals surface area contributed by atoms with Gasteiger partial charge in [0.1, 0.15) is 0 Å². The van der Waals surface area contributed by atoms with E-state index in [1.165, 1.54) is 11.3 Å². The molecular formula is C9H8O5S. The number of Topliss-reactive ketones (excluding diaryl/α,β-unsaturated/α-hetero) is 1. The predicted octanol–water partition coefficient (Wildman–Crippen LogP) is 0.960. The van der Waals surface area contributed by atoms with Crippen LogP contribution in [0.5, 0.6) is 0 Å². The van der Waals surface area contributed by atoms with E-state index in [4.69, 9.17) is 10.2 Å². The van der Waals surface area contributed by atoms with Crippen LogP contribution in [0.3, 0.4) is 0 Å². The summed E-state index contributed by atoms with van der Waals surface area (Å²) in [5.41, 5.74) is 0. The van der Waals surface area contributed by atoms with E-state index in [-0.39, 0.29) is 0 Å². The molecule has 0 saturated heterocycles. The number of ketones is 1. The van der Waals surface area contributed by atoms with Gasteiger partial charge in [-0.1, -0.05) is 6.07 Å². The molecular weight excluding hydrogens is 220 g/mol. The van der Waals surface area contributed by atoms with Crippen molar-refractivity contribution in [1.82, 2.24) is 0 Å². The molecule has 6 heteroatoms. The van der Waals surface area contributed by atoms with Gasteiger partial charge in [-0.2, -0.15) is 0 Å². The molecule has 1 rings (SSSR count). The molecule has 0 aliphatic rings. The molecule has 0 aromatic carbocycles. The molecule has 0 radical (unpaired) electrons. The van der Waals surface area contributed by atoms with E-state index >= 15 is 0 Å². The molecule has 0 fully saturated rings. The van der Waals surface area contributed by atoms with E-state index in [0.29, 0.717) is 4.88 Å². The van der Waals surface area contributed by atoms with Crippen LogP contribution in [0.1, 0.15) is 17.2 Å². The van der Waals surface area contributed by atoms with Crippen LogP contribution >= 0.6 is 11.3 Å². The minimum absolute atomic E-state index is 0.463. The van der Waals surface area contributed by atoms with Gasteiger partial charge in [0, 0.05) is 4.88 Å². The summed E-state index contributed by atoms with van der Waals surface area (Å²) in [6, 6.07) is 3.20. The van der Waals surface area contributed by atoms with Crippen LogP contribution < -0.4 is 0 Å². The smallest absolute Gasteiger partial charge is 0.372 e. The van der Waals surface area contributed by atoms with Crippen molar-refractivity contribution in [1.29, 1.82) is 0 Å². The second kappa shape index (κ2) is 4.70. The molecule has 1 heterocycles. The first-order chi connectivity index (χ1) is 7.02. The molecule has 0 aliphatic heterocycles. The van der Waals surface area contributed by atoms with Crippen LogP contribution in [0.25, 0.3) is 0 Å². The Morgan fingerprint density at radius 3 is 2.40 bits per heavy atom. The van der Waals surface area contributed by atoms with Crippen molar-refractivity contribution in [3.05, 3.63) is 22.4 Å². The summed E-state index contributed by atoms with van der Waals surface area (Å²) < 4.78 is 0. The summed E-state index contributed by atoms with van der Waals surface area (Å²) in [7, 11) is 0. The summed E-state index contributed by atoms with van der Waals surface area (Å²) in [6.45, 7) is 0. The molecule has 80 valence electrons. The maximum absolute atomic E-state index is 11.2. The van der Waals surface area contributed by atoms with Gasteiger partial charge in [0.2, 0.25) is 5.78 Å². The Labute approximate surface area is 89.0 Å². The zero-order chi connectivity index (χ0) is 11.4. The van der Waals surface area contributed by atoms with Crippen LogP contribution in [-0.2, 0) is 14.4 Å². The first-order valence-corrected chi connectivity index (χ1v) is 4.92. The molecule has 1 atom stereocenters. The van der Waals surface area contributed by atoms with Crippen LogP contribution in [0.15, 0.2) is 17.5 Å². The third-order valence-corrected chi connectivity index (χ3v) is 2.78. The van der Waals surface area contributed by atoms with E-state index in [1.807, 2.05) is 0 Å². The molecule has 1 unspecified atom stereocenters. The maximum atomic E-state index is 11.2. The van der Waals surface area contributed by atoms with Crippen LogP contribution in [0.4, 0.5) is 0 Å². The van der Waals surface area contributed by atoms with Crippen molar-refractivity contribution in [3.8, 4) is 0 Å². The minimum atomic E-state index is -1.60. The first kappa shape index (κ1) is 11.4. The molecule has 0 amide bonds. The fourth-order valence-electron chi connectivity index (χ4n) is 1.14. The molecule has 0 saturated carbocycles. The summed E-state index contributed by atoms with van der Waals surface area (Å²) in [5, 5.41) is 18.8. The van der Waals surface area contributed by atoms with Gasteiger partial charge in [-0.15, -0.1) is 11.3 Å². The van der Waals surface area contributed by atoms with Gasteiger partial charge < -0.3 is 10.2 Å². The minimum Gasteiger partial charge on any atom is -0.481 e. The topological polar surface area (TPSA) is 91.7 Å². The van der Waals surface area contributed by atoms with Gasteiger partial charge in [0.15, 0.2) is 0 Å². The van der Waals surface area contributed by atoms with Crippen molar-refractivity contribution in [2.45, 2.75) is 12.3 Å². The number of carbonyl (C=O) groups is 3. The molecule has 0 spiro atoms. The molecule has 0 aliphatic carbocycles. The molecule has 5 nitrogen and oxygen atoms in total. The Bertz CT molecular complexity index is 381. The van der Waals surface area contributed by atoms with Crippen molar-refractivity contribution in [2.24, 2.45) is 0 Å². The molecule has 1 aromatic heterocycles. The molecule has 2 N–H and O–H groups in total. The third kappa shape index (κ3) is 2.88. The molecule has 0 bridgehead atoms. The lowest BCUT2D eigenvalue weighted by Crippen LogP contribution is -2.23. The quantitative estimate of drug-likeness (QED) is 0.732. The highest BCUT2D eigenvalue weighted by Gasteiger charge is 2.29. The Balaban J connectivity index is 2.93. The highest BCUT2D eigenvalue weighted by atomic mass is 32.1. The van der Waals surface area contributed by atoms with Crippen LogP contribution in [-0.4, -0.2) is 27.9 Å². The number of hydrogen-bond donors (Lipinski definition) is 2. The van der Waals surface area contributed by atoms with Crippen molar-refractivity contribution in [2.75, 3.05) is 0 Å². The van der Waals surface area contributed by atoms with E-state index < -0.39 is 30.1 Å². The molecule has 1 aromatic rings. The van der Waals surface area contributed by atoms with Gasteiger partial charge in [-0.05, 0) is 11.4 Å². The Morgan fingerprint density at radius 2 is 2.00 bits per heavy atom. The fourth-order valence-corrected chi connectivity index (χ4v) is 1.96. The van der Waals surface area contributed by atoms with Gasteiger partial charge >= 0.3 is 11.9 Å². The lowest BCUT2D eigenvalue weighted by molar-refractivity contribution is -0.150. The van der Waals surface area contributed by atoms with Crippen molar-refractivity contribution in [3.63, 3.8) is 0 Å². The Kier molecular flexibility index (Phi) is 3.56. The van der Waals surface area contributed by atoms with Crippen LogP contribution in [0, 0.1) is 0 Å². The molecule has 15 heavy (non-hydrogen) atoms. The Hall–Kier alpha value is -1.69. The summed E-state index contributed by atoms with van der Waals surface area (Å²) in [4.78, 5) is 32.7. The van der Waals surface area contributed by atoms with Gasteiger partial charge in [0.25, 0.3) is 0 Å². The first-order valence-electron chi connectivity index (χ1n) is 4.04. The van der Waals surface area contributed by atoms with Crippen molar-refractivity contribution >= 4 is 29.1 Å². The number of carboxylic acid groups (broad SMARTS) is 2. The average molecular weight is 228 g/mol. The number of carbonyl (C=O) groups excluding carboxylic acids is 1. The number of thiophene rings is 1. The van der Waals surface area contributed by atoms with E-state index in [0.717, 1.165) is 0 Å². The predicted molar refractivity (Wildman–Crippen MR) is 52.0 cm³/mol. The zero-order valence-corrected chi connectivity index (χ0v) is 8.36. The number of hydrogen-bond acceptors (Lipinski definition) is 4. The lowest BCUT2D eigenvalue weighted by atomic mass is 9.98. The monoisotopic (exact) mass is 228 g/mol. The SMILES string of the molecule is O=C(O)CC(C(=O)C(=O)O)c1cccs1. The van der Waals surface area contributed by atoms with Gasteiger partial charge in [-0.25, -0.2) is 4.79 Å². The number of carboxylic acids is 2. The second-order valence-electron chi connectivity index (χ2n) is 2.84. The highest BCUT2D eigenvalue weighted by Crippen LogP contribution is 2.25. The lowest BCUT2D eigenvalue weighted by Gasteiger charge is -2.08. The van der Waals surface area contributed by atoms with E-state index in [1.54, 1.807) is 17.5 Å². The second-order valence-corrected chi connectivity index (χ2v) is 3.81. The number of aliphatic carboxylic acids is 2. The summed E-state index contributed by atoms with van der Waals surface area (Å²) in [5.74, 6) is -4.96. The Morgan fingerprint density at radius 1 is 1.33 bits per heavy atom. The zero-order valence-electron chi connectivity index (χ0n) is 7.54. The fraction of sp³-hybridized carbons (Fsp3) is 0.222. The standard InChI is InChI=1S/C9H8O5S/c10-7(11)4-5(8(12)9(13)14)6-2-1-3-15-6/h1-3,5H,4H2,(H,10,11)(H,13,14). The third-order valence-electron chi connectivity index (χ3n) is 1.79. The average Bonchev–Trinajstić information content (AvgIpc) is 2.65. The summed E-state index contributed by atoms with van der Waals surface area (Å²) >= 11 is 1.17. The normalized spacial score (nSPS) is 12.0. The number of rotatable bonds is 5. The van der Waals surface area contributed by atoms with Crippen molar-refractivity contribution < 1.29 is 24.6 Å². The van der Waals surface area contributed by atoms with E-state index in [2.05, 4.69) is 0 Å². The van der Waals surface area contributed by atoms with Gasteiger partial charge in [0.05, 0.1) is 12.3 Å². The van der Waals surface area contributed by atoms with E-state index in [9.17, 15) is 14.4 Å².